The zero-order chi connectivity index (χ0) is 15.3. The van der Waals surface area contributed by atoms with Crippen LogP contribution in [0.1, 0.15) is 5.56 Å². The summed E-state index contributed by atoms with van der Waals surface area (Å²) in [7, 11) is 0. The van der Waals surface area contributed by atoms with Crippen molar-refractivity contribution in [3.8, 4) is 0 Å². The molecule has 3 rings (SSSR count). The molecule has 2 aliphatic rings. The molecule has 0 radical (unpaired) electrons. The van der Waals surface area contributed by atoms with Crippen LogP contribution in [0.25, 0.3) is 0 Å². The SMILES string of the molecule is Cl.FC(F)(F)COCC1(c2ccc(Cl)c(Cl)c2)C2CNCC21. The van der Waals surface area contributed by atoms with Gasteiger partial charge in [0.2, 0.25) is 0 Å². The van der Waals surface area contributed by atoms with Gasteiger partial charge in [-0.3, -0.25) is 0 Å². The van der Waals surface area contributed by atoms with E-state index in [1.807, 2.05) is 6.07 Å². The molecule has 22 heavy (non-hydrogen) atoms. The summed E-state index contributed by atoms with van der Waals surface area (Å²) in [5, 5.41) is 4.10. The molecule has 1 aliphatic carbocycles. The third-order valence-electron chi connectivity index (χ3n) is 4.49. The van der Waals surface area contributed by atoms with Gasteiger partial charge in [0, 0.05) is 5.41 Å². The van der Waals surface area contributed by atoms with Gasteiger partial charge >= 0.3 is 6.18 Å². The van der Waals surface area contributed by atoms with Crippen molar-refractivity contribution in [3.63, 3.8) is 0 Å². The highest BCUT2D eigenvalue weighted by Crippen LogP contribution is 2.62. The summed E-state index contributed by atoms with van der Waals surface area (Å²) in [5.41, 5.74) is 0.542. The number of piperidine rings is 1. The van der Waals surface area contributed by atoms with Crippen LogP contribution in [0, 0.1) is 11.8 Å². The van der Waals surface area contributed by atoms with Crippen molar-refractivity contribution in [3.05, 3.63) is 33.8 Å². The fourth-order valence-electron chi connectivity index (χ4n) is 3.49. The minimum Gasteiger partial charge on any atom is -0.371 e. The number of ether oxygens (including phenoxy) is 1. The molecule has 1 aliphatic heterocycles. The first-order chi connectivity index (χ1) is 9.84. The summed E-state index contributed by atoms with van der Waals surface area (Å²) in [4.78, 5) is 0. The molecule has 0 aromatic heterocycles. The highest BCUT2D eigenvalue weighted by atomic mass is 35.5. The number of hydrogen-bond acceptors (Lipinski definition) is 2. The summed E-state index contributed by atoms with van der Waals surface area (Å²) in [6.07, 6.45) is -4.30. The Hall–Kier alpha value is -0.200. The quantitative estimate of drug-likeness (QED) is 0.855. The number of rotatable bonds is 4. The Labute approximate surface area is 142 Å². The molecule has 0 amide bonds. The second-order valence-electron chi connectivity index (χ2n) is 5.65. The predicted molar refractivity (Wildman–Crippen MR) is 82.1 cm³/mol. The Morgan fingerprint density at radius 1 is 1.18 bits per heavy atom. The van der Waals surface area contributed by atoms with Gasteiger partial charge in [-0.05, 0) is 42.6 Å². The van der Waals surface area contributed by atoms with Crippen molar-refractivity contribution in [1.29, 1.82) is 0 Å². The molecular formula is C14H15Cl3F3NO. The summed E-state index contributed by atoms with van der Waals surface area (Å²) in [5.74, 6) is 0.589. The van der Waals surface area contributed by atoms with E-state index in [1.54, 1.807) is 12.1 Å². The molecule has 2 nitrogen and oxygen atoms in total. The largest absolute Gasteiger partial charge is 0.411 e. The summed E-state index contributed by atoms with van der Waals surface area (Å²) in [6.45, 7) is 0.422. The summed E-state index contributed by atoms with van der Waals surface area (Å²) in [6, 6.07) is 5.27. The van der Waals surface area contributed by atoms with Crippen LogP contribution in [0.4, 0.5) is 13.2 Å². The van der Waals surface area contributed by atoms with Gasteiger partial charge in [-0.15, -0.1) is 12.4 Å². The van der Waals surface area contributed by atoms with Crippen LogP contribution in [0.2, 0.25) is 10.0 Å². The standard InChI is InChI=1S/C14H14Cl2F3NO.ClH/c15-11-2-1-8(3-12(11)16)13(6-21-7-14(17,18)19)9-4-20-5-10(9)13;/h1-3,9-10,20H,4-7H2;1H. The van der Waals surface area contributed by atoms with Crippen LogP contribution >= 0.6 is 35.6 Å². The molecule has 1 aromatic carbocycles. The van der Waals surface area contributed by atoms with Crippen LogP contribution in [-0.4, -0.2) is 32.5 Å². The van der Waals surface area contributed by atoms with Gasteiger partial charge in [0.1, 0.15) is 6.61 Å². The monoisotopic (exact) mass is 375 g/mol. The Balaban J connectivity index is 0.00000176. The second kappa shape index (κ2) is 6.36. The molecule has 1 heterocycles. The summed E-state index contributed by atoms with van der Waals surface area (Å²) >= 11 is 12.0. The van der Waals surface area contributed by atoms with Crippen LogP contribution in [-0.2, 0) is 10.2 Å². The van der Waals surface area contributed by atoms with Crippen molar-refractivity contribution in [2.75, 3.05) is 26.3 Å². The van der Waals surface area contributed by atoms with Gasteiger partial charge in [-0.2, -0.15) is 13.2 Å². The molecule has 1 N–H and O–H groups in total. The number of hydrogen-bond donors (Lipinski definition) is 1. The highest BCUT2D eigenvalue weighted by molar-refractivity contribution is 6.42. The third kappa shape index (κ3) is 3.20. The lowest BCUT2D eigenvalue weighted by Crippen LogP contribution is -2.31. The van der Waals surface area contributed by atoms with E-state index >= 15 is 0 Å². The van der Waals surface area contributed by atoms with Crippen molar-refractivity contribution in [1.82, 2.24) is 5.32 Å². The van der Waals surface area contributed by atoms with Crippen LogP contribution in [0.5, 0.6) is 0 Å². The van der Waals surface area contributed by atoms with Gasteiger partial charge < -0.3 is 10.1 Å². The lowest BCUT2D eigenvalue weighted by atomic mass is 9.91. The average Bonchev–Trinajstić information content (AvgIpc) is 2.79. The van der Waals surface area contributed by atoms with Gasteiger partial charge in [0.15, 0.2) is 0 Å². The molecule has 2 unspecified atom stereocenters. The van der Waals surface area contributed by atoms with Crippen molar-refractivity contribution in [2.24, 2.45) is 11.8 Å². The van der Waals surface area contributed by atoms with Crippen molar-refractivity contribution >= 4 is 35.6 Å². The maximum absolute atomic E-state index is 12.3. The van der Waals surface area contributed by atoms with Gasteiger partial charge in [0.25, 0.3) is 0 Å². The number of halogens is 6. The Morgan fingerprint density at radius 2 is 1.82 bits per heavy atom. The maximum atomic E-state index is 12.3. The van der Waals surface area contributed by atoms with E-state index in [1.165, 1.54) is 0 Å². The molecule has 1 saturated heterocycles. The van der Waals surface area contributed by atoms with E-state index in [0.29, 0.717) is 21.9 Å². The Bertz CT molecular complexity index is 543. The first-order valence-corrected chi connectivity index (χ1v) is 7.41. The maximum Gasteiger partial charge on any atom is 0.411 e. The normalized spacial score (nSPS) is 29.9. The average molecular weight is 377 g/mol. The highest BCUT2D eigenvalue weighted by Gasteiger charge is 2.67. The van der Waals surface area contributed by atoms with E-state index in [0.717, 1.165) is 18.7 Å². The third-order valence-corrected chi connectivity index (χ3v) is 5.23. The second-order valence-corrected chi connectivity index (χ2v) is 6.46. The first kappa shape index (κ1) is 18.1. The van der Waals surface area contributed by atoms with Crippen LogP contribution in [0.15, 0.2) is 18.2 Å². The van der Waals surface area contributed by atoms with Crippen LogP contribution in [0.3, 0.4) is 0 Å². The molecule has 0 bridgehead atoms. The van der Waals surface area contributed by atoms with Crippen molar-refractivity contribution in [2.45, 2.75) is 11.6 Å². The lowest BCUT2D eigenvalue weighted by Gasteiger charge is -2.23. The fourth-order valence-corrected chi connectivity index (χ4v) is 3.79. The molecule has 2 fully saturated rings. The fraction of sp³-hybridized carbons (Fsp3) is 0.571. The topological polar surface area (TPSA) is 21.3 Å². The Kier molecular flexibility index (Phi) is 5.25. The molecular weight excluding hydrogens is 362 g/mol. The van der Waals surface area contributed by atoms with Gasteiger partial charge in [-0.25, -0.2) is 0 Å². The number of benzene rings is 1. The molecule has 8 heteroatoms. The lowest BCUT2D eigenvalue weighted by molar-refractivity contribution is -0.176. The van der Waals surface area contributed by atoms with E-state index in [-0.39, 0.29) is 24.4 Å². The summed E-state index contributed by atoms with van der Waals surface area (Å²) < 4.78 is 41.8. The van der Waals surface area contributed by atoms with E-state index in [2.05, 4.69) is 5.32 Å². The van der Waals surface area contributed by atoms with Crippen LogP contribution < -0.4 is 5.32 Å². The zero-order valence-corrected chi connectivity index (χ0v) is 13.7. The minimum atomic E-state index is -4.30. The predicted octanol–water partition coefficient (Wildman–Crippen LogP) is 4.08. The number of nitrogens with one attached hydrogen (secondary N) is 1. The smallest absolute Gasteiger partial charge is 0.371 e. The number of alkyl halides is 3. The van der Waals surface area contributed by atoms with Crippen molar-refractivity contribution < 1.29 is 17.9 Å². The van der Waals surface area contributed by atoms with E-state index < -0.39 is 12.8 Å². The molecule has 1 aromatic rings. The molecule has 1 saturated carbocycles. The minimum absolute atomic E-state index is 0. The molecule has 2 atom stereocenters. The van der Waals surface area contributed by atoms with E-state index in [9.17, 15) is 13.2 Å². The molecule has 124 valence electrons. The Morgan fingerprint density at radius 3 is 2.36 bits per heavy atom. The van der Waals surface area contributed by atoms with Gasteiger partial charge in [-0.1, -0.05) is 29.3 Å². The van der Waals surface area contributed by atoms with E-state index in [4.69, 9.17) is 27.9 Å². The number of fused-ring (bicyclic) bond motifs is 1. The first-order valence-electron chi connectivity index (χ1n) is 6.65. The molecule has 0 spiro atoms. The van der Waals surface area contributed by atoms with Gasteiger partial charge in [0.05, 0.1) is 16.7 Å². The zero-order valence-electron chi connectivity index (χ0n) is 11.4.